The number of ketones is 1. The molecule has 1 unspecified atom stereocenters. The number of rotatable bonds is 8. The van der Waals surface area contributed by atoms with Gasteiger partial charge in [0.25, 0.3) is 0 Å². The molecule has 0 N–H and O–H groups in total. The third-order valence-electron chi connectivity index (χ3n) is 10.8. The fourth-order valence-corrected chi connectivity index (χ4v) is 8.33. The van der Waals surface area contributed by atoms with E-state index >= 15 is 4.79 Å². The maximum Gasteiger partial charge on any atom is 0.338 e. The van der Waals surface area contributed by atoms with Crippen LogP contribution in [0.25, 0.3) is 0 Å². The van der Waals surface area contributed by atoms with Crippen LogP contribution in [-0.2, 0) is 57.1 Å². The normalized spacial score (nSPS) is 32.1. The van der Waals surface area contributed by atoms with E-state index in [0.717, 1.165) is 27.7 Å². The summed E-state index contributed by atoms with van der Waals surface area (Å²) < 4.78 is 42.5. The first-order valence-electron chi connectivity index (χ1n) is 18.4. The lowest BCUT2D eigenvalue weighted by molar-refractivity contribution is -0.188. The SMILES string of the molecule is C=C1[C@@H](OC(C)=O)C(OC(=O)c2ccccc2)[C@H](OC(=O)c2ccccc2)C(C)(C)[C@@H]2O[C@@H]2[C@@H](C)C(=O)[C@]2(OC(C)=O)C[C@H](C)[C@H](OC(C)=O)[C@H]2[C@@H]1OC(C)=O. The predicted molar refractivity (Wildman–Crippen MR) is 195 cm³/mol. The van der Waals surface area contributed by atoms with Crippen LogP contribution in [0.2, 0.25) is 0 Å². The van der Waals surface area contributed by atoms with Crippen LogP contribution in [0.1, 0.15) is 82.5 Å². The molecular formula is C42H48O14. The first-order valence-corrected chi connectivity index (χ1v) is 18.4. The van der Waals surface area contributed by atoms with Crippen molar-refractivity contribution in [1.29, 1.82) is 0 Å². The first kappa shape index (κ1) is 41.8. The lowest BCUT2D eigenvalue weighted by Crippen LogP contribution is -2.60. The second kappa shape index (κ2) is 16.4. The molecule has 14 nitrogen and oxygen atoms in total. The number of Topliss-reactive ketones (excluding diaryl/α,β-unsaturated/α-hetero) is 1. The minimum absolute atomic E-state index is 0.0986. The Labute approximate surface area is 325 Å². The molecule has 0 amide bonds. The van der Waals surface area contributed by atoms with Gasteiger partial charge in [0.2, 0.25) is 0 Å². The molecule has 1 saturated heterocycles. The molecule has 0 aromatic heterocycles. The Morgan fingerprint density at radius 3 is 1.68 bits per heavy atom. The summed E-state index contributed by atoms with van der Waals surface area (Å²) in [6.45, 7) is 15.3. The van der Waals surface area contributed by atoms with Crippen molar-refractivity contribution >= 4 is 41.6 Å². The van der Waals surface area contributed by atoms with Crippen molar-refractivity contribution in [3.05, 3.63) is 83.9 Å². The van der Waals surface area contributed by atoms with E-state index < -0.39 is 113 Å². The van der Waals surface area contributed by atoms with Gasteiger partial charge < -0.3 is 33.2 Å². The molecule has 2 aromatic rings. The molecule has 11 atom stereocenters. The monoisotopic (exact) mass is 776 g/mol. The number of hydrogen-bond donors (Lipinski definition) is 0. The van der Waals surface area contributed by atoms with Gasteiger partial charge in [0.1, 0.15) is 12.2 Å². The van der Waals surface area contributed by atoms with Gasteiger partial charge in [-0.1, -0.05) is 70.7 Å². The zero-order chi connectivity index (χ0) is 41.3. The Balaban J connectivity index is 1.82. The van der Waals surface area contributed by atoms with Crippen LogP contribution in [-0.4, -0.2) is 89.9 Å². The van der Waals surface area contributed by atoms with Crippen molar-refractivity contribution < 1.29 is 66.7 Å². The van der Waals surface area contributed by atoms with E-state index in [4.69, 9.17) is 33.2 Å². The van der Waals surface area contributed by atoms with Gasteiger partial charge in [-0.05, 0) is 30.2 Å². The molecule has 300 valence electrons. The molecule has 3 fully saturated rings. The molecule has 14 heteroatoms. The van der Waals surface area contributed by atoms with Gasteiger partial charge in [0, 0.05) is 51.0 Å². The highest BCUT2D eigenvalue weighted by atomic mass is 16.6. The molecule has 3 aliphatic rings. The smallest absolute Gasteiger partial charge is 0.338 e. The standard InChI is InChI=1S/C42H48O14/c1-21-20-42(56-27(7)46)30(31(21)50-24(4)43)32(51-25(5)44)22(2)33(52-26(6)45)35(54-39(48)28-16-12-10-13-17-28)38(55-40(49)29-18-14-11-15-19-29)41(8,9)37-34(53-37)23(3)36(42)47/h10-19,21,23,30-35,37-38H,2,20H2,1,3-9H3/t21-,23+,30-,31-,32+,33+,34+,35?,37+,38-,42-/m0/s1. The lowest BCUT2D eigenvalue weighted by atomic mass is 9.69. The average Bonchev–Trinajstić information content (AvgIpc) is 3.91. The Kier molecular flexibility index (Phi) is 12.2. The van der Waals surface area contributed by atoms with Crippen molar-refractivity contribution in [3.8, 4) is 0 Å². The molecule has 0 radical (unpaired) electrons. The maximum atomic E-state index is 15.0. The van der Waals surface area contributed by atoms with Crippen molar-refractivity contribution in [3.63, 3.8) is 0 Å². The van der Waals surface area contributed by atoms with E-state index in [1.54, 1.807) is 64.1 Å². The van der Waals surface area contributed by atoms with E-state index in [0.29, 0.717) is 0 Å². The van der Waals surface area contributed by atoms with Crippen molar-refractivity contribution in [1.82, 2.24) is 0 Å². The quantitative estimate of drug-likeness (QED) is 0.155. The van der Waals surface area contributed by atoms with Gasteiger partial charge >= 0.3 is 35.8 Å². The van der Waals surface area contributed by atoms with Crippen molar-refractivity contribution in [2.45, 2.75) is 110 Å². The number of carbonyl (C=O) groups is 7. The summed E-state index contributed by atoms with van der Waals surface area (Å²) in [7, 11) is 0. The van der Waals surface area contributed by atoms with Gasteiger partial charge in [-0.15, -0.1) is 0 Å². The van der Waals surface area contributed by atoms with Crippen LogP contribution in [0.5, 0.6) is 0 Å². The Bertz CT molecular complexity index is 1870. The van der Waals surface area contributed by atoms with E-state index in [2.05, 4.69) is 6.58 Å². The number of epoxide rings is 1. The summed E-state index contributed by atoms with van der Waals surface area (Å²) in [5.74, 6) is -8.85. The molecule has 2 aliphatic carbocycles. The highest BCUT2D eigenvalue weighted by Gasteiger charge is 2.69. The number of carbonyl (C=O) groups excluding carboxylic acids is 7. The predicted octanol–water partition coefficient (Wildman–Crippen LogP) is 4.76. The third-order valence-corrected chi connectivity index (χ3v) is 10.8. The second-order valence-electron chi connectivity index (χ2n) is 15.3. The Hall–Kier alpha value is -5.37. The zero-order valence-electron chi connectivity index (χ0n) is 32.7. The van der Waals surface area contributed by atoms with Crippen molar-refractivity contribution in [2.75, 3.05) is 0 Å². The van der Waals surface area contributed by atoms with Crippen LogP contribution in [0.4, 0.5) is 0 Å². The molecule has 1 heterocycles. The number of ether oxygens (including phenoxy) is 7. The zero-order valence-corrected chi connectivity index (χ0v) is 32.7. The van der Waals surface area contributed by atoms with E-state index in [-0.39, 0.29) is 23.1 Å². The molecular weight excluding hydrogens is 728 g/mol. The topological polar surface area (TPSA) is 187 Å². The van der Waals surface area contributed by atoms with Crippen molar-refractivity contribution in [2.24, 2.45) is 23.2 Å². The van der Waals surface area contributed by atoms with Gasteiger partial charge in [0.15, 0.2) is 29.7 Å². The van der Waals surface area contributed by atoms with Gasteiger partial charge in [0.05, 0.1) is 29.3 Å². The van der Waals surface area contributed by atoms with Crippen LogP contribution in [0, 0.1) is 23.2 Å². The number of fused-ring (bicyclic) bond motifs is 2. The Morgan fingerprint density at radius 2 is 1.18 bits per heavy atom. The van der Waals surface area contributed by atoms with Gasteiger partial charge in [-0.3, -0.25) is 24.0 Å². The summed E-state index contributed by atoms with van der Waals surface area (Å²) in [6, 6.07) is 15.9. The fourth-order valence-electron chi connectivity index (χ4n) is 8.33. The molecule has 2 saturated carbocycles. The highest BCUT2D eigenvalue weighted by molar-refractivity contribution is 5.93. The van der Waals surface area contributed by atoms with E-state index in [9.17, 15) is 28.8 Å². The number of hydrogen-bond acceptors (Lipinski definition) is 14. The van der Waals surface area contributed by atoms with Gasteiger partial charge in [-0.25, -0.2) is 9.59 Å². The minimum Gasteiger partial charge on any atom is -0.462 e. The van der Waals surface area contributed by atoms with Crippen LogP contribution in [0.15, 0.2) is 72.8 Å². The third kappa shape index (κ3) is 8.40. The number of esters is 6. The summed E-state index contributed by atoms with van der Waals surface area (Å²) in [6.07, 6.45) is -9.79. The molecule has 0 spiro atoms. The fraction of sp³-hybridized carbons (Fsp3) is 0.500. The largest absolute Gasteiger partial charge is 0.462 e. The van der Waals surface area contributed by atoms with Crippen LogP contribution in [0.3, 0.4) is 0 Å². The molecule has 56 heavy (non-hydrogen) atoms. The van der Waals surface area contributed by atoms with Gasteiger partial charge in [-0.2, -0.15) is 0 Å². The molecule has 5 rings (SSSR count). The van der Waals surface area contributed by atoms with E-state index in [1.165, 1.54) is 24.3 Å². The summed E-state index contributed by atoms with van der Waals surface area (Å²) >= 11 is 0. The Morgan fingerprint density at radius 1 is 0.679 bits per heavy atom. The maximum absolute atomic E-state index is 15.0. The minimum atomic E-state index is -2.09. The molecule has 2 aromatic carbocycles. The number of benzene rings is 2. The second-order valence-corrected chi connectivity index (χ2v) is 15.3. The first-order chi connectivity index (χ1) is 26.3. The molecule has 0 bridgehead atoms. The highest BCUT2D eigenvalue weighted by Crippen LogP contribution is 2.54. The van der Waals surface area contributed by atoms with Crippen LogP contribution < -0.4 is 0 Å². The summed E-state index contributed by atoms with van der Waals surface area (Å²) in [5.41, 5.74) is -3.42. The average molecular weight is 777 g/mol. The summed E-state index contributed by atoms with van der Waals surface area (Å²) in [5, 5.41) is 0. The van der Waals surface area contributed by atoms with Crippen LogP contribution >= 0.6 is 0 Å². The van der Waals surface area contributed by atoms with E-state index in [1.807, 2.05) is 0 Å². The lowest BCUT2D eigenvalue weighted by Gasteiger charge is -2.45. The molecule has 1 aliphatic heterocycles. The summed E-state index contributed by atoms with van der Waals surface area (Å²) in [4.78, 5) is 94.8.